The molecule has 0 aliphatic heterocycles. The lowest BCUT2D eigenvalue weighted by atomic mass is 9.85. The third-order valence-electron chi connectivity index (χ3n) is 3.95. The zero-order valence-electron chi connectivity index (χ0n) is 13.2. The Morgan fingerprint density at radius 3 is 2.59 bits per heavy atom. The van der Waals surface area contributed by atoms with Crippen LogP contribution in [0.15, 0.2) is 28.4 Å². The second-order valence-corrected chi connectivity index (χ2v) is 6.00. The molecule has 0 radical (unpaired) electrons. The maximum absolute atomic E-state index is 11.9. The minimum Gasteiger partial charge on any atom is -0.351 e. The minimum absolute atomic E-state index is 0.00489. The third kappa shape index (κ3) is 4.76. The lowest BCUT2D eigenvalue weighted by Gasteiger charge is -2.28. The van der Waals surface area contributed by atoms with Gasteiger partial charge in [0.25, 0.3) is 0 Å². The SMILES string of the molecule is Cc1cc(C)cc(N=NCC(=O)NC2CCCCC2C=O)c1. The van der Waals surface area contributed by atoms with E-state index in [2.05, 4.69) is 21.6 Å². The predicted molar refractivity (Wildman–Crippen MR) is 85.3 cm³/mol. The number of benzene rings is 1. The Morgan fingerprint density at radius 1 is 1.23 bits per heavy atom. The van der Waals surface area contributed by atoms with Crippen LogP contribution < -0.4 is 5.32 Å². The number of nitrogens with zero attached hydrogens (tertiary/aromatic N) is 2. The molecule has 0 saturated heterocycles. The highest BCUT2D eigenvalue weighted by atomic mass is 16.2. The van der Waals surface area contributed by atoms with Gasteiger partial charge in [-0.15, -0.1) is 0 Å². The van der Waals surface area contributed by atoms with E-state index in [9.17, 15) is 9.59 Å². The highest BCUT2D eigenvalue weighted by molar-refractivity contribution is 5.79. The number of nitrogens with one attached hydrogen (secondary N) is 1. The van der Waals surface area contributed by atoms with Gasteiger partial charge in [0.1, 0.15) is 12.8 Å². The van der Waals surface area contributed by atoms with Gasteiger partial charge >= 0.3 is 0 Å². The number of rotatable bonds is 5. The van der Waals surface area contributed by atoms with Gasteiger partial charge in [0, 0.05) is 12.0 Å². The maximum atomic E-state index is 11.9. The molecule has 0 spiro atoms. The molecule has 1 aromatic rings. The van der Waals surface area contributed by atoms with Crippen LogP contribution in [-0.2, 0) is 9.59 Å². The molecule has 5 nitrogen and oxygen atoms in total. The van der Waals surface area contributed by atoms with E-state index in [0.717, 1.165) is 48.8 Å². The number of aldehydes is 1. The molecule has 0 heterocycles. The standard InChI is InChI=1S/C17H23N3O2/c1-12-7-13(2)9-15(8-12)20-18-10-17(22)19-16-6-4-3-5-14(16)11-21/h7-9,11,14,16H,3-6,10H2,1-2H3,(H,19,22). The molecule has 5 heteroatoms. The summed E-state index contributed by atoms with van der Waals surface area (Å²) >= 11 is 0. The second-order valence-electron chi connectivity index (χ2n) is 6.00. The van der Waals surface area contributed by atoms with E-state index in [1.165, 1.54) is 0 Å². The Hall–Kier alpha value is -2.04. The topological polar surface area (TPSA) is 70.9 Å². The molecule has 22 heavy (non-hydrogen) atoms. The summed E-state index contributed by atoms with van der Waals surface area (Å²) in [6.45, 7) is 4.00. The summed E-state index contributed by atoms with van der Waals surface area (Å²) in [7, 11) is 0. The maximum Gasteiger partial charge on any atom is 0.243 e. The van der Waals surface area contributed by atoms with Gasteiger partial charge < -0.3 is 10.1 Å². The van der Waals surface area contributed by atoms with Gasteiger partial charge in [0.15, 0.2) is 0 Å². The summed E-state index contributed by atoms with van der Waals surface area (Å²) in [5.41, 5.74) is 3.00. The first-order valence-corrected chi connectivity index (χ1v) is 7.79. The molecule has 2 atom stereocenters. The summed E-state index contributed by atoms with van der Waals surface area (Å²) in [6, 6.07) is 5.87. The summed E-state index contributed by atoms with van der Waals surface area (Å²) in [5, 5.41) is 11.0. The van der Waals surface area contributed by atoms with Crippen molar-refractivity contribution < 1.29 is 9.59 Å². The Labute approximate surface area is 131 Å². The summed E-state index contributed by atoms with van der Waals surface area (Å²) < 4.78 is 0. The van der Waals surface area contributed by atoms with E-state index in [1.807, 2.05) is 26.0 Å². The van der Waals surface area contributed by atoms with Crippen LogP contribution in [0.2, 0.25) is 0 Å². The average molecular weight is 301 g/mol. The number of carbonyl (C=O) groups is 2. The third-order valence-corrected chi connectivity index (χ3v) is 3.95. The fraction of sp³-hybridized carbons (Fsp3) is 0.529. The molecule has 1 aliphatic rings. The number of aryl methyl sites for hydroxylation is 2. The van der Waals surface area contributed by atoms with E-state index >= 15 is 0 Å². The van der Waals surface area contributed by atoms with Crippen LogP contribution in [-0.4, -0.2) is 24.8 Å². The second kappa shape index (κ2) is 7.82. The summed E-state index contributed by atoms with van der Waals surface area (Å²) in [6.07, 6.45) is 4.80. The monoisotopic (exact) mass is 301 g/mol. The van der Waals surface area contributed by atoms with E-state index in [-0.39, 0.29) is 24.4 Å². The summed E-state index contributed by atoms with van der Waals surface area (Å²) in [5.74, 6) is -0.235. The molecule has 0 bridgehead atoms. The van der Waals surface area contributed by atoms with Crippen LogP contribution in [0.3, 0.4) is 0 Å². The van der Waals surface area contributed by atoms with Gasteiger partial charge in [-0.1, -0.05) is 18.9 Å². The van der Waals surface area contributed by atoms with E-state index in [0.29, 0.717) is 0 Å². The lowest BCUT2D eigenvalue weighted by Crippen LogP contribution is -2.43. The number of carbonyl (C=O) groups excluding carboxylic acids is 2. The van der Waals surface area contributed by atoms with Crippen molar-refractivity contribution in [2.75, 3.05) is 6.54 Å². The molecule has 1 fully saturated rings. The minimum atomic E-state index is -0.174. The van der Waals surface area contributed by atoms with Crippen molar-refractivity contribution in [3.8, 4) is 0 Å². The predicted octanol–water partition coefficient (Wildman–Crippen LogP) is 3.26. The molecule has 1 N–H and O–H groups in total. The molecule has 118 valence electrons. The Kier molecular flexibility index (Phi) is 5.81. The molecule has 0 aromatic heterocycles. The van der Waals surface area contributed by atoms with Gasteiger partial charge in [-0.2, -0.15) is 10.2 Å². The van der Waals surface area contributed by atoms with Crippen molar-refractivity contribution in [3.05, 3.63) is 29.3 Å². The van der Waals surface area contributed by atoms with Crippen molar-refractivity contribution in [1.29, 1.82) is 0 Å². The Bertz CT molecular complexity index is 549. The molecular formula is C17H23N3O2. The lowest BCUT2D eigenvalue weighted by molar-refractivity contribution is -0.121. The normalized spacial score (nSPS) is 21.7. The van der Waals surface area contributed by atoms with E-state index in [1.54, 1.807) is 0 Å². The quantitative estimate of drug-likeness (QED) is 0.670. The highest BCUT2D eigenvalue weighted by Crippen LogP contribution is 2.22. The van der Waals surface area contributed by atoms with Crippen LogP contribution in [0.25, 0.3) is 0 Å². The number of azo groups is 1. The van der Waals surface area contributed by atoms with Crippen LogP contribution in [0.1, 0.15) is 36.8 Å². The first-order valence-electron chi connectivity index (χ1n) is 7.79. The Balaban J connectivity index is 1.86. The highest BCUT2D eigenvalue weighted by Gasteiger charge is 2.25. The van der Waals surface area contributed by atoms with Crippen molar-refractivity contribution in [2.24, 2.45) is 16.1 Å². The molecule has 2 rings (SSSR count). The molecule has 1 aromatic carbocycles. The van der Waals surface area contributed by atoms with Gasteiger partial charge in [-0.05, 0) is 49.9 Å². The fourth-order valence-electron chi connectivity index (χ4n) is 2.94. The molecule has 2 unspecified atom stereocenters. The van der Waals surface area contributed by atoms with Crippen LogP contribution in [0.4, 0.5) is 5.69 Å². The Morgan fingerprint density at radius 2 is 1.91 bits per heavy atom. The zero-order valence-corrected chi connectivity index (χ0v) is 13.2. The van der Waals surface area contributed by atoms with Gasteiger partial charge in [-0.25, -0.2) is 0 Å². The summed E-state index contributed by atoms with van der Waals surface area (Å²) in [4.78, 5) is 22.9. The van der Waals surface area contributed by atoms with Gasteiger partial charge in [0.05, 0.1) is 5.69 Å². The molecule has 1 aliphatic carbocycles. The zero-order chi connectivity index (χ0) is 15.9. The largest absolute Gasteiger partial charge is 0.351 e. The van der Waals surface area contributed by atoms with Crippen LogP contribution in [0.5, 0.6) is 0 Å². The van der Waals surface area contributed by atoms with Crippen LogP contribution >= 0.6 is 0 Å². The van der Waals surface area contributed by atoms with Crippen LogP contribution in [0, 0.1) is 19.8 Å². The number of hydrogen-bond acceptors (Lipinski definition) is 4. The smallest absolute Gasteiger partial charge is 0.243 e. The van der Waals surface area contributed by atoms with Crippen molar-refractivity contribution >= 4 is 17.9 Å². The van der Waals surface area contributed by atoms with Gasteiger partial charge in [-0.3, -0.25) is 4.79 Å². The molecule has 1 amide bonds. The first kappa shape index (κ1) is 16.3. The van der Waals surface area contributed by atoms with E-state index < -0.39 is 0 Å². The molecular weight excluding hydrogens is 278 g/mol. The number of amides is 1. The van der Waals surface area contributed by atoms with Crippen molar-refractivity contribution in [1.82, 2.24) is 5.32 Å². The number of hydrogen-bond donors (Lipinski definition) is 1. The first-order chi connectivity index (χ1) is 10.6. The van der Waals surface area contributed by atoms with Gasteiger partial charge in [0.2, 0.25) is 5.91 Å². The van der Waals surface area contributed by atoms with Crippen molar-refractivity contribution in [3.63, 3.8) is 0 Å². The van der Waals surface area contributed by atoms with E-state index in [4.69, 9.17) is 0 Å². The molecule has 1 saturated carbocycles. The average Bonchev–Trinajstić information content (AvgIpc) is 2.46. The fourth-order valence-corrected chi connectivity index (χ4v) is 2.94. The van der Waals surface area contributed by atoms with Crippen molar-refractivity contribution in [2.45, 2.75) is 45.6 Å².